The van der Waals surface area contributed by atoms with Gasteiger partial charge >= 0.3 is 0 Å². The highest BCUT2D eigenvalue weighted by molar-refractivity contribution is 5.98. The number of nitro groups is 1. The number of aromatic nitrogens is 1. The normalized spacial score (nSPS) is 11.3. The Balaban J connectivity index is 1.80. The van der Waals surface area contributed by atoms with Gasteiger partial charge in [0, 0.05) is 41.3 Å². The number of nitrogens with zero attached hydrogens (tertiary/aromatic N) is 3. The summed E-state index contributed by atoms with van der Waals surface area (Å²) in [6.45, 7) is 0.716. The van der Waals surface area contributed by atoms with Crippen LogP contribution in [0.5, 0.6) is 0 Å². The van der Waals surface area contributed by atoms with Crippen molar-refractivity contribution in [2.75, 3.05) is 0 Å². The predicted octanol–water partition coefficient (Wildman–Crippen LogP) is 5.66. The van der Waals surface area contributed by atoms with Crippen LogP contribution in [-0.2, 0) is 6.54 Å². The van der Waals surface area contributed by atoms with Crippen LogP contribution >= 0.6 is 0 Å². The van der Waals surface area contributed by atoms with E-state index in [9.17, 15) is 15.4 Å². The summed E-state index contributed by atoms with van der Waals surface area (Å²) < 4.78 is 2.15. The van der Waals surface area contributed by atoms with Gasteiger partial charge in [0.25, 0.3) is 5.69 Å². The Morgan fingerprint density at radius 2 is 1.79 bits per heavy atom. The fourth-order valence-corrected chi connectivity index (χ4v) is 3.42. The smallest absolute Gasteiger partial charge is 0.270 e. The standard InChI is InChI=1S/C24H17N3O2/c25-15-20(19-9-6-10-22(14-19)27(28)29)13-21-17-26(16-18-7-2-1-3-8-18)24-12-5-4-11-23(21)24/h1-14,17H,16H2. The number of para-hydroxylation sites is 1. The van der Waals surface area contributed by atoms with Gasteiger partial charge in [-0.15, -0.1) is 0 Å². The number of hydrogen-bond acceptors (Lipinski definition) is 3. The summed E-state index contributed by atoms with van der Waals surface area (Å²) in [7, 11) is 0. The number of rotatable bonds is 5. The van der Waals surface area contributed by atoms with Crippen molar-refractivity contribution in [1.29, 1.82) is 5.26 Å². The van der Waals surface area contributed by atoms with Crippen LogP contribution < -0.4 is 0 Å². The quantitative estimate of drug-likeness (QED) is 0.255. The van der Waals surface area contributed by atoms with Crippen LogP contribution in [0.3, 0.4) is 0 Å². The van der Waals surface area contributed by atoms with Crippen molar-refractivity contribution in [3.63, 3.8) is 0 Å². The van der Waals surface area contributed by atoms with Crippen LogP contribution in [0.15, 0.2) is 85.1 Å². The second-order valence-corrected chi connectivity index (χ2v) is 6.69. The number of hydrogen-bond donors (Lipinski definition) is 0. The van der Waals surface area contributed by atoms with Crippen LogP contribution in [0.2, 0.25) is 0 Å². The Kier molecular flexibility index (Phi) is 4.91. The summed E-state index contributed by atoms with van der Waals surface area (Å²) in [4.78, 5) is 10.6. The molecule has 0 spiro atoms. The minimum Gasteiger partial charge on any atom is -0.342 e. The fraction of sp³-hybridized carbons (Fsp3) is 0.0417. The number of fused-ring (bicyclic) bond motifs is 1. The van der Waals surface area contributed by atoms with Gasteiger partial charge in [0.1, 0.15) is 0 Å². The van der Waals surface area contributed by atoms with E-state index in [4.69, 9.17) is 0 Å². The summed E-state index contributed by atoms with van der Waals surface area (Å²) >= 11 is 0. The molecule has 4 rings (SSSR count). The van der Waals surface area contributed by atoms with Gasteiger partial charge in [-0.3, -0.25) is 10.1 Å². The number of allylic oxidation sites excluding steroid dienone is 1. The summed E-state index contributed by atoms with van der Waals surface area (Å²) in [6, 6.07) is 26.5. The highest BCUT2D eigenvalue weighted by Crippen LogP contribution is 2.28. The van der Waals surface area contributed by atoms with Crippen LogP contribution in [0, 0.1) is 21.4 Å². The Bertz CT molecular complexity index is 1260. The molecule has 0 atom stereocenters. The van der Waals surface area contributed by atoms with Crippen LogP contribution in [0.4, 0.5) is 5.69 Å². The molecule has 0 N–H and O–H groups in total. The molecular weight excluding hydrogens is 362 g/mol. The second kappa shape index (κ2) is 7.83. The van der Waals surface area contributed by atoms with Crippen molar-refractivity contribution in [2.24, 2.45) is 0 Å². The summed E-state index contributed by atoms with van der Waals surface area (Å²) in [5, 5.41) is 21.8. The van der Waals surface area contributed by atoms with Gasteiger partial charge in [0.05, 0.1) is 16.6 Å². The first-order chi connectivity index (χ1) is 14.2. The average molecular weight is 379 g/mol. The molecule has 0 aliphatic carbocycles. The molecule has 0 unspecified atom stereocenters. The molecule has 0 saturated carbocycles. The van der Waals surface area contributed by atoms with Gasteiger partial charge in [-0.2, -0.15) is 5.26 Å². The zero-order valence-corrected chi connectivity index (χ0v) is 15.5. The number of nitriles is 1. The zero-order valence-electron chi connectivity index (χ0n) is 15.5. The molecule has 0 radical (unpaired) electrons. The van der Waals surface area contributed by atoms with Gasteiger partial charge < -0.3 is 4.57 Å². The van der Waals surface area contributed by atoms with E-state index in [1.807, 2.05) is 42.6 Å². The molecule has 140 valence electrons. The fourth-order valence-electron chi connectivity index (χ4n) is 3.42. The first-order valence-electron chi connectivity index (χ1n) is 9.14. The SMILES string of the molecule is N#CC(=Cc1cn(Cc2ccccc2)c2ccccc12)c1cccc([N+](=O)[O-])c1. The molecule has 0 fully saturated rings. The van der Waals surface area contributed by atoms with E-state index in [0.717, 1.165) is 16.5 Å². The molecule has 0 aliphatic rings. The van der Waals surface area contributed by atoms with Crippen molar-refractivity contribution < 1.29 is 4.92 Å². The van der Waals surface area contributed by atoms with E-state index in [0.29, 0.717) is 17.7 Å². The van der Waals surface area contributed by atoms with Crippen LogP contribution in [-0.4, -0.2) is 9.49 Å². The minimum absolute atomic E-state index is 0.0323. The minimum atomic E-state index is -0.454. The number of benzene rings is 3. The van der Waals surface area contributed by atoms with Crippen molar-refractivity contribution in [1.82, 2.24) is 4.57 Å². The maximum atomic E-state index is 11.1. The Morgan fingerprint density at radius 3 is 2.55 bits per heavy atom. The maximum Gasteiger partial charge on any atom is 0.270 e. The molecule has 5 nitrogen and oxygen atoms in total. The lowest BCUT2D eigenvalue weighted by Gasteiger charge is -2.05. The highest BCUT2D eigenvalue weighted by Gasteiger charge is 2.12. The largest absolute Gasteiger partial charge is 0.342 e. The Morgan fingerprint density at radius 1 is 1.03 bits per heavy atom. The van der Waals surface area contributed by atoms with Crippen molar-refractivity contribution in [2.45, 2.75) is 6.54 Å². The Labute approximate surface area is 167 Å². The molecule has 4 aromatic rings. The second-order valence-electron chi connectivity index (χ2n) is 6.69. The van der Waals surface area contributed by atoms with Crippen molar-refractivity contribution in [3.05, 3.63) is 112 Å². The topological polar surface area (TPSA) is 71.9 Å². The summed E-state index contributed by atoms with van der Waals surface area (Å²) in [5.74, 6) is 0. The molecule has 29 heavy (non-hydrogen) atoms. The predicted molar refractivity (Wildman–Crippen MR) is 114 cm³/mol. The summed E-state index contributed by atoms with van der Waals surface area (Å²) in [5.41, 5.74) is 4.04. The van der Waals surface area contributed by atoms with Crippen LogP contribution in [0.25, 0.3) is 22.6 Å². The monoisotopic (exact) mass is 379 g/mol. The third-order valence-corrected chi connectivity index (χ3v) is 4.80. The first-order valence-corrected chi connectivity index (χ1v) is 9.14. The zero-order chi connectivity index (χ0) is 20.2. The highest BCUT2D eigenvalue weighted by atomic mass is 16.6. The lowest BCUT2D eigenvalue weighted by atomic mass is 10.0. The molecule has 0 amide bonds. The lowest BCUT2D eigenvalue weighted by Crippen LogP contribution is -1.97. The Hall–Kier alpha value is -4.17. The summed E-state index contributed by atoms with van der Waals surface area (Å²) in [6.07, 6.45) is 3.81. The first kappa shape index (κ1) is 18.2. The molecule has 0 aliphatic heterocycles. The van der Waals surface area contributed by atoms with E-state index in [1.165, 1.54) is 17.7 Å². The molecular formula is C24H17N3O2. The average Bonchev–Trinajstić information content (AvgIpc) is 3.10. The number of non-ortho nitro benzene ring substituents is 1. The van der Waals surface area contributed by atoms with Gasteiger partial charge in [-0.25, -0.2) is 0 Å². The lowest BCUT2D eigenvalue weighted by molar-refractivity contribution is -0.384. The van der Waals surface area contributed by atoms with Crippen molar-refractivity contribution in [3.8, 4) is 6.07 Å². The third-order valence-electron chi connectivity index (χ3n) is 4.80. The van der Waals surface area contributed by atoms with Gasteiger partial charge in [-0.1, -0.05) is 60.7 Å². The van der Waals surface area contributed by atoms with E-state index in [2.05, 4.69) is 28.8 Å². The van der Waals surface area contributed by atoms with E-state index >= 15 is 0 Å². The molecule has 3 aromatic carbocycles. The van der Waals surface area contributed by atoms with Gasteiger partial charge in [-0.05, 0) is 23.3 Å². The van der Waals surface area contributed by atoms with Gasteiger partial charge in [0.15, 0.2) is 0 Å². The molecule has 5 heteroatoms. The van der Waals surface area contributed by atoms with E-state index in [1.54, 1.807) is 18.2 Å². The van der Waals surface area contributed by atoms with E-state index in [-0.39, 0.29) is 5.69 Å². The van der Waals surface area contributed by atoms with Gasteiger partial charge in [0.2, 0.25) is 0 Å². The maximum absolute atomic E-state index is 11.1. The molecule has 0 bridgehead atoms. The number of nitro benzene ring substituents is 1. The molecule has 0 saturated heterocycles. The van der Waals surface area contributed by atoms with Crippen LogP contribution in [0.1, 0.15) is 16.7 Å². The third kappa shape index (κ3) is 3.78. The van der Waals surface area contributed by atoms with Crippen molar-refractivity contribution >= 4 is 28.2 Å². The van der Waals surface area contributed by atoms with E-state index < -0.39 is 4.92 Å². The molecule has 1 aromatic heterocycles. The molecule has 1 heterocycles.